The molecule has 6 unspecified atom stereocenters. The van der Waals surface area contributed by atoms with E-state index < -0.39 is 62.0 Å². The highest BCUT2D eigenvalue weighted by molar-refractivity contribution is 6.53. The van der Waals surface area contributed by atoms with E-state index in [-0.39, 0.29) is 41.3 Å². The van der Waals surface area contributed by atoms with Crippen LogP contribution in [0.4, 0.5) is 11.4 Å². The van der Waals surface area contributed by atoms with Crippen molar-refractivity contribution in [3.8, 4) is 11.5 Å². The molecular formula is C28H23Cl2N3O8. The lowest BCUT2D eigenvalue weighted by atomic mass is 9.56. The van der Waals surface area contributed by atoms with Crippen LogP contribution in [0, 0.1) is 27.9 Å². The molecule has 4 aliphatic rings. The topological polar surface area (TPSA) is 147 Å². The molecular weight excluding hydrogens is 577 g/mol. The number of imide groups is 2. The van der Waals surface area contributed by atoms with Gasteiger partial charge in [-0.15, -0.1) is 23.2 Å². The number of hydrogen-bond acceptors (Lipinski definition) is 8. The molecule has 212 valence electrons. The van der Waals surface area contributed by atoms with Crippen molar-refractivity contribution < 1.29 is 33.9 Å². The van der Waals surface area contributed by atoms with E-state index in [2.05, 4.69) is 0 Å². The number of methoxy groups -OCH3 is 1. The summed E-state index contributed by atoms with van der Waals surface area (Å²) in [6, 6.07) is 9.73. The van der Waals surface area contributed by atoms with Gasteiger partial charge in [0.25, 0.3) is 17.5 Å². The number of rotatable bonds is 4. The first-order chi connectivity index (χ1) is 19.4. The standard InChI is InChI=1S/C28H23Cl2N3O8/c1-31-25(37)27(29)12-17-15(22(28(27,30)26(31)38)21-18(34)7-4-8-19(21)41-2)9-10-16-20(17)24(36)32(23(16)35)13-5-3-6-14(11-13)33(39)40/h3-9,11,16-17,20,22,34H,10,12H2,1-2H3. The number of ether oxygens (including phenoxy) is 1. The molecule has 0 spiro atoms. The number of allylic oxidation sites excluding steroid dienone is 2. The number of benzene rings is 2. The molecule has 2 aromatic rings. The van der Waals surface area contributed by atoms with Crippen LogP contribution < -0.4 is 9.64 Å². The van der Waals surface area contributed by atoms with Crippen molar-refractivity contribution in [3.05, 3.63) is 69.8 Å². The van der Waals surface area contributed by atoms with Crippen molar-refractivity contribution in [1.82, 2.24) is 4.90 Å². The number of carbonyl (C=O) groups excluding carboxylic acids is 4. The summed E-state index contributed by atoms with van der Waals surface area (Å²) in [5.41, 5.74) is 0.383. The van der Waals surface area contributed by atoms with Gasteiger partial charge in [-0.1, -0.05) is 23.8 Å². The Labute approximate surface area is 243 Å². The third-order valence-corrected chi connectivity index (χ3v) is 10.3. The highest BCUT2D eigenvalue weighted by Crippen LogP contribution is 2.66. The number of nitro benzene ring substituents is 1. The van der Waals surface area contributed by atoms with Crippen molar-refractivity contribution in [2.75, 3.05) is 19.1 Å². The second-order valence-corrected chi connectivity index (χ2v) is 11.9. The maximum absolute atomic E-state index is 14.0. The molecule has 1 N–H and O–H groups in total. The fraction of sp³-hybridized carbons (Fsp3) is 0.357. The largest absolute Gasteiger partial charge is 0.508 e. The van der Waals surface area contributed by atoms with Crippen molar-refractivity contribution in [1.29, 1.82) is 0 Å². The minimum Gasteiger partial charge on any atom is -0.508 e. The molecule has 2 heterocycles. The first-order valence-corrected chi connectivity index (χ1v) is 13.5. The average Bonchev–Trinajstić information content (AvgIpc) is 3.28. The highest BCUT2D eigenvalue weighted by atomic mass is 35.5. The minimum atomic E-state index is -2.08. The first-order valence-electron chi connectivity index (χ1n) is 12.8. The van der Waals surface area contributed by atoms with Gasteiger partial charge in [0.05, 0.1) is 29.6 Å². The molecule has 13 heteroatoms. The number of non-ortho nitro benzene ring substituents is 1. The van der Waals surface area contributed by atoms with Gasteiger partial charge >= 0.3 is 0 Å². The number of fused-ring (bicyclic) bond motifs is 4. The Morgan fingerprint density at radius 2 is 1.76 bits per heavy atom. The lowest BCUT2D eigenvalue weighted by Gasteiger charge is -2.50. The zero-order valence-corrected chi connectivity index (χ0v) is 23.3. The van der Waals surface area contributed by atoms with Gasteiger partial charge in [0.1, 0.15) is 11.5 Å². The number of alkyl halides is 2. The zero-order chi connectivity index (χ0) is 29.6. The summed E-state index contributed by atoms with van der Waals surface area (Å²) >= 11 is 14.2. The molecule has 41 heavy (non-hydrogen) atoms. The molecule has 1 saturated carbocycles. The number of likely N-dealkylation sites (tertiary alicyclic amines) is 1. The molecule has 2 aliphatic heterocycles. The van der Waals surface area contributed by atoms with E-state index in [1.54, 1.807) is 18.2 Å². The van der Waals surface area contributed by atoms with E-state index >= 15 is 0 Å². The second-order valence-electron chi connectivity index (χ2n) is 10.7. The molecule has 2 saturated heterocycles. The van der Waals surface area contributed by atoms with E-state index in [0.29, 0.717) is 5.57 Å². The third-order valence-electron chi connectivity index (χ3n) is 8.86. The van der Waals surface area contributed by atoms with E-state index in [1.807, 2.05) is 0 Å². The maximum atomic E-state index is 14.0. The Hall–Kier alpha value is -3.96. The van der Waals surface area contributed by atoms with Gasteiger partial charge in [-0.25, -0.2) is 4.90 Å². The number of phenolic OH excluding ortho intramolecular Hbond substituents is 1. The number of halogens is 2. The van der Waals surface area contributed by atoms with Crippen LogP contribution in [0.3, 0.4) is 0 Å². The van der Waals surface area contributed by atoms with E-state index in [0.717, 1.165) is 15.9 Å². The van der Waals surface area contributed by atoms with E-state index in [1.165, 1.54) is 38.4 Å². The van der Waals surface area contributed by atoms with Crippen molar-refractivity contribution in [2.24, 2.45) is 17.8 Å². The summed E-state index contributed by atoms with van der Waals surface area (Å²) < 4.78 is 5.52. The minimum absolute atomic E-state index is 0.0546. The number of phenols is 1. The Bertz CT molecular complexity index is 1610. The van der Waals surface area contributed by atoms with Crippen LogP contribution in [0.15, 0.2) is 54.1 Å². The lowest BCUT2D eigenvalue weighted by Crippen LogP contribution is -2.60. The number of hydrogen-bond donors (Lipinski definition) is 1. The summed E-state index contributed by atoms with van der Waals surface area (Å²) in [6.45, 7) is 0. The fourth-order valence-corrected chi connectivity index (χ4v) is 8.06. The summed E-state index contributed by atoms with van der Waals surface area (Å²) in [5, 5.41) is 22.4. The summed E-state index contributed by atoms with van der Waals surface area (Å²) in [4.78, 5) is 63.3. The molecule has 11 nitrogen and oxygen atoms in total. The molecule has 2 aromatic carbocycles. The van der Waals surface area contributed by atoms with E-state index in [9.17, 15) is 34.4 Å². The normalized spacial score (nSPS) is 32.4. The molecule has 2 aliphatic carbocycles. The van der Waals surface area contributed by atoms with Crippen LogP contribution in [0.5, 0.6) is 11.5 Å². The van der Waals surface area contributed by atoms with Crippen molar-refractivity contribution in [3.63, 3.8) is 0 Å². The molecule has 0 aromatic heterocycles. The third kappa shape index (κ3) is 3.39. The predicted octanol–water partition coefficient (Wildman–Crippen LogP) is 3.50. The first kappa shape index (κ1) is 27.2. The number of carbonyl (C=O) groups is 4. The molecule has 4 amide bonds. The van der Waals surface area contributed by atoms with Crippen LogP contribution in [0.2, 0.25) is 0 Å². The Morgan fingerprint density at radius 1 is 1.05 bits per heavy atom. The van der Waals surface area contributed by atoms with Crippen LogP contribution in [0.25, 0.3) is 0 Å². The fourth-order valence-electron chi connectivity index (χ4n) is 7.06. The Kier molecular flexibility index (Phi) is 5.99. The SMILES string of the molecule is COc1cccc(O)c1C1C2=CCC3C(=O)N(c4cccc([N+](=O)[O-])c4)C(=O)C3C2CC2(Cl)C(=O)N(C)C(=O)C12Cl. The molecule has 3 fully saturated rings. The van der Waals surface area contributed by atoms with Gasteiger partial charge in [0.15, 0.2) is 9.75 Å². The molecule has 0 bridgehead atoms. The van der Waals surface area contributed by atoms with Crippen LogP contribution in [-0.4, -0.2) is 62.5 Å². The van der Waals surface area contributed by atoms with Gasteiger partial charge < -0.3 is 9.84 Å². The van der Waals surface area contributed by atoms with Crippen LogP contribution in [-0.2, 0) is 19.2 Å². The van der Waals surface area contributed by atoms with Crippen molar-refractivity contribution in [2.45, 2.75) is 28.5 Å². The van der Waals surface area contributed by atoms with Gasteiger partial charge in [-0.2, -0.15) is 0 Å². The van der Waals surface area contributed by atoms with Crippen LogP contribution in [0.1, 0.15) is 24.3 Å². The summed E-state index contributed by atoms with van der Waals surface area (Å²) in [5.74, 6) is -6.56. The van der Waals surface area contributed by atoms with Gasteiger partial charge in [-0.05, 0) is 37.0 Å². The number of nitrogens with zero attached hydrogens (tertiary/aromatic N) is 3. The number of amides is 4. The second kappa shape index (κ2) is 9.02. The predicted molar refractivity (Wildman–Crippen MR) is 146 cm³/mol. The number of anilines is 1. The highest BCUT2D eigenvalue weighted by Gasteiger charge is 2.76. The van der Waals surface area contributed by atoms with Crippen LogP contribution >= 0.6 is 23.2 Å². The smallest absolute Gasteiger partial charge is 0.271 e. The maximum Gasteiger partial charge on any atom is 0.271 e. The van der Waals surface area contributed by atoms with E-state index in [4.69, 9.17) is 27.9 Å². The van der Waals surface area contributed by atoms with Gasteiger partial charge in [0, 0.05) is 30.7 Å². The van der Waals surface area contributed by atoms with Gasteiger partial charge in [0.2, 0.25) is 11.8 Å². The zero-order valence-electron chi connectivity index (χ0n) is 21.7. The molecule has 0 radical (unpaired) electrons. The number of aromatic hydroxyl groups is 1. The van der Waals surface area contributed by atoms with Gasteiger partial charge in [-0.3, -0.25) is 34.2 Å². The molecule has 6 atom stereocenters. The average molecular weight is 600 g/mol. The number of nitro groups is 1. The quantitative estimate of drug-likeness (QED) is 0.184. The summed E-state index contributed by atoms with van der Waals surface area (Å²) in [6.07, 6.45) is 1.59. The summed E-state index contributed by atoms with van der Waals surface area (Å²) in [7, 11) is 2.65. The monoisotopic (exact) mass is 599 g/mol. The Balaban J connectivity index is 1.53. The lowest BCUT2D eigenvalue weighted by molar-refractivity contribution is -0.384. The Morgan fingerprint density at radius 3 is 2.44 bits per heavy atom. The molecule has 6 rings (SSSR count). The van der Waals surface area contributed by atoms with Crippen molar-refractivity contribution >= 4 is 58.2 Å².